The van der Waals surface area contributed by atoms with Crippen molar-refractivity contribution in [3.8, 4) is 5.69 Å². The van der Waals surface area contributed by atoms with Crippen LogP contribution in [0.4, 0.5) is 5.82 Å². The maximum atomic E-state index is 13.3. The molecule has 0 bridgehead atoms. The maximum Gasteiger partial charge on any atom is 0.214 e. The highest BCUT2D eigenvalue weighted by Crippen LogP contribution is 2.24. The molecule has 2 heterocycles. The van der Waals surface area contributed by atoms with Gasteiger partial charge in [-0.15, -0.1) is 0 Å². The second-order valence-corrected chi connectivity index (χ2v) is 7.01. The molecular weight excluding hydrogens is 348 g/mol. The van der Waals surface area contributed by atoms with Gasteiger partial charge in [-0.25, -0.2) is 9.98 Å². The van der Waals surface area contributed by atoms with Crippen LogP contribution < -0.4 is 0 Å². The third kappa shape index (κ3) is 3.81. The number of hydrogen-bond donors (Lipinski definition) is 0. The molecule has 0 saturated carbocycles. The molecular formula is C23H22N4O. The Balaban J connectivity index is 1.74. The van der Waals surface area contributed by atoms with Crippen LogP contribution in [0.15, 0.2) is 53.8 Å². The molecule has 0 N–H and O–H groups in total. The number of carbonyl (C=O) groups is 1. The molecule has 140 valence electrons. The summed E-state index contributed by atoms with van der Waals surface area (Å²) in [6.07, 6.45) is 7.10. The van der Waals surface area contributed by atoms with Crippen molar-refractivity contribution in [3.05, 3.63) is 77.7 Å². The summed E-state index contributed by atoms with van der Waals surface area (Å²) >= 11 is 0. The number of aryl methyl sites for hydroxylation is 1. The normalized spacial score (nSPS) is 14.2. The van der Waals surface area contributed by atoms with Crippen molar-refractivity contribution in [1.82, 2.24) is 14.5 Å². The van der Waals surface area contributed by atoms with E-state index in [0.717, 1.165) is 24.3 Å². The van der Waals surface area contributed by atoms with Gasteiger partial charge in [-0.2, -0.15) is 0 Å². The van der Waals surface area contributed by atoms with Crippen LogP contribution in [0.5, 0.6) is 0 Å². The van der Waals surface area contributed by atoms with E-state index in [0.29, 0.717) is 17.1 Å². The third-order valence-corrected chi connectivity index (χ3v) is 4.93. The van der Waals surface area contributed by atoms with Gasteiger partial charge < -0.3 is 4.90 Å². The number of aromatic nitrogens is 2. The molecule has 5 nitrogen and oxygen atoms in total. The van der Waals surface area contributed by atoms with Gasteiger partial charge in [-0.1, -0.05) is 29.8 Å². The number of carbonyl (C=O) groups excluding carboxylic acids is 1. The second kappa shape index (κ2) is 8.10. The van der Waals surface area contributed by atoms with E-state index in [1.165, 1.54) is 19.3 Å². The number of imidazole rings is 1. The smallest absolute Gasteiger partial charge is 0.214 e. The van der Waals surface area contributed by atoms with Crippen LogP contribution in [-0.4, -0.2) is 39.7 Å². The Morgan fingerprint density at radius 3 is 2.61 bits per heavy atom. The summed E-state index contributed by atoms with van der Waals surface area (Å²) in [6, 6.07) is 18.8. The summed E-state index contributed by atoms with van der Waals surface area (Å²) in [5.74, 6) is 0.304. The van der Waals surface area contributed by atoms with E-state index >= 15 is 0 Å². The van der Waals surface area contributed by atoms with Gasteiger partial charge in [0.25, 0.3) is 0 Å². The lowest BCUT2D eigenvalue weighted by atomic mass is 10.1. The number of benzene rings is 1. The molecule has 0 spiro atoms. The first-order valence-electron chi connectivity index (χ1n) is 9.57. The van der Waals surface area contributed by atoms with Crippen molar-refractivity contribution in [3.63, 3.8) is 0 Å². The molecule has 0 unspecified atom stereocenters. The highest BCUT2D eigenvalue weighted by Gasteiger charge is 2.21. The number of ketones is 1. The van der Waals surface area contributed by atoms with Gasteiger partial charge in [0.1, 0.15) is 12.0 Å². The summed E-state index contributed by atoms with van der Waals surface area (Å²) in [7, 11) is 0. The summed E-state index contributed by atoms with van der Waals surface area (Å²) < 4.78 is 1.81. The van der Waals surface area contributed by atoms with E-state index in [1.54, 1.807) is 29.1 Å². The summed E-state index contributed by atoms with van der Waals surface area (Å²) in [5, 5.41) is 0. The fraction of sp³-hybridized carbons (Fsp3) is 0.261. The lowest BCUT2D eigenvalue weighted by Crippen LogP contribution is -2.28. The molecule has 1 aliphatic rings. The molecule has 2 aromatic carbocycles. The maximum absolute atomic E-state index is 13.3. The lowest BCUT2D eigenvalue weighted by molar-refractivity contribution is 0.103. The Morgan fingerprint density at radius 1 is 1.11 bits per heavy atom. The minimum atomic E-state index is -0.130. The Morgan fingerprint density at radius 2 is 1.89 bits per heavy atom. The topological polar surface area (TPSA) is 50.5 Å². The first-order valence-corrected chi connectivity index (χ1v) is 9.57. The summed E-state index contributed by atoms with van der Waals surface area (Å²) in [4.78, 5) is 24.5. The van der Waals surface area contributed by atoms with Crippen molar-refractivity contribution in [1.29, 1.82) is 0 Å². The lowest BCUT2D eigenvalue weighted by Gasteiger charge is -2.23. The average molecular weight is 370 g/mol. The second-order valence-electron chi connectivity index (χ2n) is 7.01. The van der Waals surface area contributed by atoms with Crippen LogP contribution in [0.3, 0.4) is 0 Å². The van der Waals surface area contributed by atoms with Crippen LogP contribution in [0.1, 0.15) is 40.9 Å². The van der Waals surface area contributed by atoms with Gasteiger partial charge in [0.2, 0.25) is 5.78 Å². The monoisotopic (exact) mass is 370 g/mol. The van der Waals surface area contributed by atoms with Gasteiger partial charge in [0.05, 0.1) is 6.34 Å². The predicted octanol–water partition coefficient (Wildman–Crippen LogP) is 4.16. The third-order valence-electron chi connectivity index (χ3n) is 4.93. The quantitative estimate of drug-likeness (QED) is 0.385. The molecule has 0 atom stereocenters. The van der Waals surface area contributed by atoms with Gasteiger partial charge in [-0.3, -0.25) is 9.36 Å². The average Bonchev–Trinajstić information content (AvgIpc) is 3.17. The van der Waals surface area contributed by atoms with E-state index in [-0.39, 0.29) is 5.78 Å². The van der Waals surface area contributed by atoms with E-state index < -0.39 is 0 Å². The van der Waals surface area contributed by atoms with Gasteiger partial charge >= 0.3 is 0 Å². The number of aliphatic imine (C=N–C) groups is 1. The standard InChI is InChI=1S/C23H22N4O/c1-18-10-12-20(13-11-18)27-17-25-23(24-16-26-14-6-3-7-15-26)21(27)22(28)19-8-4-2-5-9-19/h4,8-13,16-17H,3,6-7,14-15H2,1H3/b24-16+. The first kappa shape index (κ1) is 18.0. The molecule has 1 aliphatic heterocycles. The Kier molecular flexibility index (Phi) is 5.20. The van der Waals surface area contributed by atoms with E-state index in [4.69, 9.17) is 0 Å². The Hall–Kier alpha value is -3.39. The number of hydrogen-bond acceptors (Lipinski definition) is 3. The van der Waals surface area contributed by atoms with Crippen LogP contribution in [-0.2, 0) is 0 Å². The van der Waals surface area contributed by atoms with Gasteiger partial charge in [-0.05, 0) is 56.5 Å². The molecule has 0 amide bonds. The molecule has 28 heavy (non-hydrogen) atoms. The molecule has 5 heteroatoms. The molecule has 3 aromatic rings. The summed E-state index contributed by atoms with van der Waals surface area (Å²) in [6.45, 7) is 4.03. The largest absolute Gasteiger partial charge is 0.363 e. The van der Waals surface area contributed by atoms with Crippen LogP contribution >= 0.6 is 0 Å². The van der Waals surface area contributed by atoms with E-state index in [9.17, 15) is 4.79 Å². The van der Waals surface area contributed by atoms with Crippen molar-refractivity contribution in [2.75, 3.05) is 13.1 Å². The molecule has 1 saturated heterocycles. The SMILES string of the molecule is Cc1ccc(-n2cnc(/N=C/N3CCCCC3)c2C(=O)c2cc#ccc2)cc1. The van der Waals surface area contributed by atoms with E-state index in [1.807, 2.05) is 37.5 Å². The zero-order valence-electron chi connectivity index (χ0n) is 15.9. The van der Waals surface area contributed by atoms with Crippen molar-refractivity contribution in [2.24, 2.45) is 4.99 Å². The molecule has 0 aliphatic carbocycles. The highest BCUT2D eigenvalue weighted by atomic mass is 16.1. The Bertz CT molecular complexity index is 968. The van der Waals surface area contributed by atoms with Crippen molar-refractivity contribution in [2.45, 2.75) is 26.2 Å². The minimum absolute atomic E-state index is 0.130. The first-order chi connectivity index (χ1) is 13.7. The zero-order valence-corrected chi connectivity index (χ0v) is 15.9. The number of nitrogens with zero attached hydrogens (tertiary/aromatic N) is 4. The minimum Gasteiger partial charge on any atom is -0.363 e. The molecule has 4 rings (SSSR count). The number of piperidine rings is 1. The van der Waals surface area contributed by atoms with Crippen LogP contribution in [0.2, 0.25) is 0 Å². The van der Waals surface area contributed by atoms with Gasteiger partial charge in [0.15, 0.2) is 5.82 Å². The fourth-order valence-electron chi connectivity index (χ4n) is 3.34. The molecule has 0 radical (unpaired) electrons. The Labute approximate surface area is 165 Å². The van der Waals surface area contributed by atoms with Crippen LogP contribution in [0, 0.1) is 19.1 Å². The zero-order chi connectivity index (χ0) is 19.3. The van der Waals surface area contributed by atoms with Crippen molar-refractivity contribution < 1.29 is 4.79 Å². The number of likely N-dealkylation sites (tertiary alicyclic amines) is 1. The summed E-state index contributed by atoms with van der Waals surface area (Å²) in [5.41, 5.74) is 3.04. The van der Waals surface area contributed by atoms with E-state index in [2.05, 4.69) is 27.0 Å². The number of rotatable bonds is 5. The van der Waals surface area contributed by atoms with Crippen molar-refractivity contribution >= 4 is 17.9 Å². The molecule has 1 aromatic heterocycles. The molecule has 1 fully saturated rings. The predicted molar refractivity (Wildman–Crippen MR) is 109 cm³/mol. The highest BCUT2D eigenvalue weighted by molar-refractivity contribution is 6.10. The van der Waals surface area contributed by atoms with Gasteiger partial charge in [0, 0.05) is 24.3 Å². The van der Waals surface area contributed by atoms with Crippen LogP contribution in [0.25, 0.3) is 5.69 Å². The fourth-order valence-corrected chi connectivity index (χ4v) is 3.34.